The Morgan fingerprint density at radius 2 is 2.44 bits per heavy atom. The number of hydrogen-bond donors (Lipinski definition) is 1. The van der Waals surface area contributed by atoms with Gasteiger partial charge in [0.05, 0.1) is 0 Å². The Bertz CT molecular complexity index is 98.7. The van der Waals surface area contributed by atoms with Crippen molar-refractivity contribution in [2.75, 3.05) is 13.1 Å². The lowest BCUT2D eigenvalue weighted by atomic mass is 9.94. The van der Waals surface area contributed by atoms with Gasteiger partial charge in [0.15, 0.2) is 0 Å². The van der Waals surface area contributed by atoms with Crippen LogP contribution in [-0.4, -0.2) is 13.1 Å². The first-order chi connectivity index (χ1) is 4.38. The fraction of sp³-hybridized carbons (Fsp3) is 0.750. The molecule has 1 saturated heterocycles. The van der Waals surface area contributed by atoms with Gasteiger partial charge in [0, 0.05) is 6.54 Å². The van der Waals surface area contributed by atoms with Crippen molar-refractivity contribution in [2.45, 2.75) is 13.3 Å². The summed E-state index contributed by atoms with van der Waals surface area (Å²) in [5, 5.41) is 3.31. The van der Waals surface area contributed by atoms with E-state index in [1.165, 1.54) is 6.42 Å². The highest BCUT2D eigenvalue weighted by Gasteiger charge is 2.21. The third kappa shape index (κ3) is 1.33. The van der Waals surface area contributed by atoms with Crippen LogP contribution in [0.5, 0.6) is 0 Å². The van der Waals surface area contributed by atoms with Crippen molar-refractivity contribution in [1.82, 2.24) is 5.32 Å². The SMILES string of the molecule is [CH]=CC1CNCC1CC. The molecule has 0 aromatic heterocycles. The molecule has 1 heteroatoms. The molecule has 0 saturated carbocycles. The number of rotatable bonds is 2. The topological polar surface area (TPSA) is 12.0 Å². The molecule has 0 amide bonds. The van der Waals surface area contributed by atoms with Gasteiger partial charge in [-0.1, -0.05) is 26.0 Å². The van der Waals surface area contributed by atoms with Crippen LogP contribution >= 0.6 is 0 Å². The van der Waals surface area contributed by atoms with Crippen molar-refractivity contribution in [3.05, 3.63) is 12.7 Å². The molecule has 1 radical (unpaired) electrons. The van der Waals surface area contributed by atoms with Crippen LogP contribution in [0, 0.1) is 18.4 Å². The number of hydrogen-bond acceptors (Lipinski definition) is 1. The summed E-state index contributed by atoms with van der Waals surface area (Å²) in [6.07, 6.45) is 3.07. The van der Waals surface area contributed by atoms with Crippen LogP contribution in [-0.2, 0) is 0 Å². The summed E-state index contributed by atoms with van der Waals surface area (Å²) in [7, 11) is 0. The van der Waals surface area contributed by atoms with Gasteiger partial charge in [-0.2, -0.15) is 0 Å². The maximum atomic E-state index is 5.43. The lowest BCUT2D eigenvalue weighted by Crippen LogP contribution is -2.08. The molecule has 0 aromatic carbocycles. The molecule has 2 atom stereocenters. The summed E-state index contributed by atoms with van der Waals surface area (Å²) in [6.45, 7) is 9.88. The Hall–Kier alpha value is -0.300. The van der Waals surface area contributed by atoms with E-state index in [9.17, 15) is 0 Å². The fourth-order valence-electron chi connectivity index (χ4n) is 1.43. The van der Waals surface area contributed by atoms with E-state index < -0.39 is 0 Å². The highest BCUT2D eigenvalue weighted by Crippen LogP contribution is 2.19. The summed E-state index contributed by atoms with van der Waals surface area (Å²) in [5.74, 6) is 1.41. The van der Waals surface area contributed by atoms with Crippen molar-refractivity contribution < 1.29 is 0 Å². The van der Waals surface area contributed by atoms with E-state index in [-0.39, 0.29) is 0 Å². The maximum absolute atomic E-state index is 5.43. The molecule has 0 spiro atoms. The van der Waals surface area contributed by atoms with E-state index >= 15 is 0 Å². The minimum atomic E-state index is 0.620. The molecule has 51 valence electrons. The molecule has 1 nitrogen and oxygen atoms in total. The average molecular weight is 124 g/mol. The quantitative estimate of drug-likeness (QED) is 0.583. The highest BCUT2D eigenvalue weighted by molar-refractivity contribution is 4.89. The van der Waals surface area contributed by atoms with Gasteiger partial charge in [-0.3, -0.25) is 0 Å². The molecular formula is C8H14N. The molecule has 1 N–H and O–H groups in total. The molecule has 0 bridgehead atoms. The summed E-state index contributed by atoms with van der Waals surface area (Å²) in [4.78, 5) is 0. The van der Waals surface area contributed by atoms with Crippen molar-refractivity contribution in [3.8, 4) is 0 Å². The Labute approximate surface area is 57.1 Å². The van der Waals surface area contributed by atoms with Gasteiger partial charge in [0.2, 0.25) is 0 Å². The summed E-state index contributed by atoms with van der Waals surface area (Å²) in [5.41, 5.74) is 0. The van der Waals surface area contributed by atoms with Gasteiger partial charge < -0.3 is 5.32 Å². The molecule has 1 rings (SSSR count). The second-order valence-corrected chi connectivity index (χ2v) is 2.68. The normalized spacial score (nSPS) is 34.8. The first-order valence-electron chi connectivity index (χ1n) is 3.64. The second-order valence-electron chi connectivity index (χ2n) is 2.68. The van der Waals surface area contributed by atoms with Crippen LogP contribution in [0.15, 0.2) is 6.08 Å². The Morgan fingerprint density at radius 3 is 2.89 bits per heavy atom. The molecule has 1 heterocycles. The minimum Gasteiger partial charge on any atom is -0.316 e. The minimum absolute atomic E-state index is 0.620. The Kier molecular flexibility index (Phi) is 2.29. The molecule has 1 fully saturated rings. The maximum Gasteiger partial charge on any atom is 0.00175 e. The average Bonchev–Trinajstić information content (AvgIpc) is 2.33. The van der Waals surface area contributed by atoms with E-state index in [4.69, 9.17) is 6.58 Å². The van der Waals surface area contributed by atoms with Crippen LogP contribution in [0.3, 0.4) is 0 Å². The van der Waals surface area contributed by atoms with Crippen LogP contribution in [0.25, 0.3) is 0 Å². The molecule has 1 aliphatic rings. The van der Waals surface area contributed by atoms with Gasteiger partial charge in [0.25, 0.3) is 0 Å². The van der Waals surface area contributed by atoms with Crippen LogP contribution in [0.1, 0.15) is 13.3 Å². The van der Waals surface area contributed by atoms with E-state index in [1.54, 1.807) is 0 Å². The van der Waals surface area contributed by atoms with Crippen molar-refractivity contribution in [2.24, 2.45) is 11.8 Å². The molecule has 2 unspecified atom stereocenters. The monoisotopic (exact) mass is 124 g/mol. The van der Waals surface area contributed by atoms with Gasteiger partial charge in [0.1, 0.15) is 0 Å². The zero-order valence-electron chi connectivity index (χ0n) is 5.93. The lowest BCUT2D eigenvalue weighted by Gasteiger charge is -2.10. The lowest BCUT2D eigenvalue weighted by molar-refractivity contribution is 0.478. The van der Waals surface area contributed by atoms with Gasteiger partial charge in [-0.25, -0.2) is 0 Å². The van der Waals surface area contributed by atoms with Crippen molar-refractivity contribution in [3.63, 3.8) is 0 Å². The van der Waals surface area contributed by atoms with Crippen LogP contribution in [0.4, 0.5) is 0 Å². The third-order valence-electron chi connectivity index (χ3n) is 2.16. The van der Waals surface area contributed by atoms with Crippen LogP contribution < -0.4 is 5.32 Å². The number of nitrogens with one attached hydrogen (secondary N) is 1. The summed E-state index contributed by atoms with van der Waals surface area (Å²) in [6, 6.07) is 0. The zero-order chi connectivity index (χ0) is 6.69. The first-order valence-corrected chi connectivity index (χ1v) is 3.64. The molecule has 0 aromatic rings. The van der Waals surface area contributed by atoms with Gasteiger partial charge in [-0.05, 0) is 18.4 Å². The molecular weight excluding hydrogens is 110 g/mol. The largest absolute Gasteiger partial charge is 0.316 e. The predicted molar refractivity (Wildman–Crippen MR) is 39.0 cm³/mol. The first kappa shape index (κ1) is 6.81. The van der Waals surface area contributed by atoms with E-state index in [2.05, 4.69) is 12.2 Å². The second kappa shape index (κ2) is 3.02. The Balaban J connectivity index is 2.41. The molecule has 9 heavy (non-hydrogen) atoms. The highest BCUT2D eigenvalue weighted by atomic mass is 14.9. The van der Waals surface area contributed by atoms with Gasteiger partial charge in [-0.15, -0.1) is 0 Å². The standard InChI is InChI=1S/C8H14N/c1-3-7-5-9-6-8(7)4-2/h1,3,7-9H,4-6H2,2H3. The van der Waals surface area contributed by atoms with Crippen molar-refractivity contribution >= 4 is 0 Å². The summed E-state index contributed by atoms with van der Waals surface area (Å²) >= 11 is 0. The summed E-state index contributed by atoms with van der Waals surface area (Å²) < 4.78 is 0. The Morgan fingerprint density at radius 1 is 1.67 bits per heavy atom. The van der Waals surface area contributed by atoms with Gasteiger partial charge >= 0.3 is 0 Å². The predicted octanol–water partition coefficient (Wildman–Crippen LogP) is 1.22. The fourth-order valence-corrected chi connectivity index (χ4v) is 1.43. The van der Waals surface area contributed by atoms with Crippen LogP contribution in [0.2, 0.25) is 0 Å². The van der Waals surface area contributed by atoms with E-state index in [0.29, 0.717) is 5.92 Å². The van der Waals surface area contributed by atoms with E-state index in [1.807, 2.05) is 6.08 Å². The van der Waals surface area contributed by atoms with Crippen molar-refractivity contribution in [1.29, 1.82) is 0 Å². The van der Waals surface area contributed by atoms with E-state index in [0.717, 1.165) is 19.0 Å². The molecule has 1 aliphatic heterocycles. The smallest absolute Gasteiger partial charge is 0.00175 e. The molecule has 0 aliphatic carbocycles. The zero-order valence-corrected chi connectivity index (χ0v) is 5.93. The third-order valence-corrected chi connectivity index (χ3v) is 2.16.